The minimum atomic E-state index is -3.64. The molecule has 0 amide bonds. The smallest absolute Gasteiger partial charge is 0.260 e. The van der Waals surface area contributed by atoms with Gasteiger partial charge in [-0.2, -0.15) is 0 Å². The molecule has 0 aromatic carbocycles. The van der Waals surface area contributed by atoms with Crippen LogP contribution >= 0.6 is 22.9 Å². The van der Waals surface area contributed by atoms with Gasteiger partial charge in [-0.15, -0.1) is 11.3 Å². The van der Waals surface area contributed by atoms with Crippen molar-refractivity contribution < 1.29 is 8.42 Å². The maximum atomic E-state index is 12.5. The second-order valence-electron chi connectivity index (χ2n) is 5.34. The molecule has 1 saturated carbocycles. The molecule has 8 heteroatoms. The van der Waals surface area contributed by atoms with E-state index in [9.17, 15) is 8.42 Å². The lowest BCUT2D eigenvalue weighted by Crippen LogP contribution is -2.37. The van der Waals surface area contributed by atoms with E-state index in [1.54, 1.807) is 11.6 Å². The van der Waals surface area contributed by atoms with Gasteiger partial charge in [0.1, 0.15) is 0 Å². The third-order valence-electron chi connectivity index (χ3n) is 3.77. The molecule has 20 heavy (non-hydrogen) atoms. The van der Waals surface area contributed by atoms with Gasteiger partial charge < -0.3 is 0 Å². The Morgan fingerprint density at radius 3 is 2.80 bits per heavy atom. The number of nitrogens with one attached hydrogen (secondary N) is 1. The molecule has 0 unspecified atom stereocenters. The molecule has 2 heterocycles. The van der Waals surface area contributed by atoms with Crippen LogP contribution in [0, 0.1) is 5.92 Å². The van der Waals surface area contributed by atoms with Gasteiger partial charge in [-0.3, -0.25) is 4.40 Å². The molecule has 0 radical (unpaired) electrons. The molecule has 3 rings (SSSR count). The molecule has 2 aromatic heterocycles. The lowest BCUT2D eigenvalue weighted by atomic mass is 9.88. The highest BCUT2D eigenvalue weighted by Crippen LogP contribution is 2.28. The van der Waals surface area contributed by atoms with Crippen molar-refractivity contribution in [3.05, 3.63) is 16.7 Å². The van der Waals surface area contributed by atoms with Gasteiger partial charge in [-0.1, -0.05) is 18.5 Å². The topological polar surface area (TPSA) is 63.5 Å². The quantitative estimate of drug-likeness (QED) is 0.939. The van der Waals surface area contributed by atoms with E-state index in [4.69, 9.17) is 11.6 Å². The van der Waals surface area contributed by atoms with Crippen molar-refractivity contribution in [1.82, 2.24) is 14.1 Å². The summed E-state index contributed by atoms with van der Waals surface area (Å²) in [7, 11) is -3.64. The minimum Gasteiger partial charge on any atom is -0.279 e. The molecule has 1 aliphatic carbocycles. The Balaban J connectivity index is 1.88. The highest BCUT2D eigenvalue weighted by atomic mass is 35.5. The van der Waals surface area contributed by atoms with Crippen LogP contribution in [0.3, 0.4) is 0 Å². The van der Waals surface area contributed by atoms with Crippen molar-refractivity contribution in [1.29, 1.82) is 0 Å². The first-order valence-corrected chi connectivity index (χ1v) is 9.35. The van der Waals surface area contributed by atoms with Gasteiger partial charge in [0.25, 0.3) is 10.0 Å². The van der Waals surface area contributed by atoms with Crippen LogP contribution in [0.2, 0.25) is 5.15 Å². The van der Waals surface area contributed by atoms with E-state index in [0.29, 0.717) is 10.9 Å². The maximum Gasteiger partial charge on any atom is 0.260 e. The molecule has 1 aliphatic rings. The lowest BCUT2D eigenvalue weighted by Gasteiger charge is -2.26. The largest absolute Gasteiger partial charge is 0.279 e. The minimum absolute atomic E-state index is 0.00328. The van der Waals surface area contributed by atoms with Crippen LogP contribution in [0.1, 0.15) is 32.6 Å². The normalized spacial score (nSPS) is 24.3. The highest BCUT2D eigenvalue weighted by molar-refractivity contribution is 7.89. The van der Waals surface area contributed by atoms with Gasteiger partial charge in [0.15, 0.2) is 15.1 Å². The molecule has 0 bridgehead atoms. The number of hydrogen-bond acceptors (Lipinski definition) is 4. The predicted molar refractivity (Wildman–Crippen MR) is 79.8 cm³/mol. The average Bonchev–Trinajstić information content (AvgIpc) is 2.91. The predicted octanol–water partition coefficient (Wildman–Crippen LogP) is 2.91. The Kier molecular flexibility index (Phi) is 3.79. The maximum absolute atomic E-state index is 12.5. The van der Waals surface area contributed by atoms with E-state index in [1.807, 2.05) is 0 Å². The Bertz CT molecular complexity index is 714. The van der Waals surface area contributed by atoms with E-state index < -0.39 is 10.0 Å². The molecule has 5 nitrogen and oxygen atoms in total. The Morgan fingerprint density at radius 1 is 1.40 bits per heavy atom. The van der Waals surface area contributed by atoms with Crippen molar-refractivity contribution in [2.24, 2.45) is 5.92 Å². The molecule has 0 aliphatic heterocycles. The second kappa shape index (κ2) is 5.29. The Labute approximate surface area is 127 Å². The standard InChI is InChI=1S/C12H16ClN3O2S2/c1-8-2-4-9(5-3-8)15-20(17,18)11-10(13)14-12-16(11)6-7-19-12/h6-9,15H,2-5H2,1H3. The summed E-state index contributed by atoms with van der Waals surface area (Å²) in [5, 5.41) is 1.88. The molecule has 0 saturated heterocycles. The fraction of sp³-hybridized carbons (Fsp3) is 0.583. The molecular formula is C12H16ClN3O2S2. The zero-order valence-corrected chi connectivity index (χ0v) is 13.4. The van der Waals surface area contributed by atoms with E-state index in [0.717, 1.165) is 25.7 Å². The van der Waals surface area contributed by atoms with Gasteiger partial charge in [-0.05, 0) is 31.6 Å². The molecule has 0 atom stereocenters. The van der Waals surface area contributed by atoms with Gasteiger partial charge in [-0.25, -0.2) is 18.1 Å². The zero-order valence-electron chi connectivity index (χ0n) is 11.0. The molecular weight excluding hydrogens is 318 g/mol. The van der Waals surface area contributed by atoms with Crippen LogP contribution in [0.15, 0.2) is 16.6 Å². The summed E-state index contributed by atoms with van der Waals surface area (Å²) in [5.41, 5.74) is 0. The summed E-state index contributed by atoms with van der Waals surface area (Å²) in [5.74, 6) is 0.679. The van der Waals surface area contributed by atoms with Gasteiger partial charge in [0.2, 0.25) is 0 Å². The first kappa shape index (κ1) is 14.3. The Morgan fingerprint density at radius 2 is 2.10 bits per heavy atom. The fourth-order valence-electron chi connectivity index (χ4n) is 2.63. The number of nitrogens with zero attached hydrogens (tertiary/aromatic N) is 2. The van der Waals surface area contributed by atoms with Crippen LogP contribution < -0.4 is 4.72 Å². The van der Waals surface area contributed by atoms with Crippen LogP contribution in [0.4, 0.5) is 0 Å². The van der Waals surface area contributed by atoms with Crippen LogP contribution in [-0.4, -0.2) is 23.8 Å². The van der Waals surface area contributed by atoms with Crippen LogP contribution in [0.5, 0.6) is 0 Å². The number of imidazole rings is 1. The molecule has 1 N–H and O–H groups in total. The number of rotatable bonds is 3. The molecule has 1 fully saturated rings. The zero-order chi connectivity index (χ0) is 14.3. The van der Waals surface area contributed by atoms with E-state index >= 15 is 0 Å². The van der Waals surface area contributed by atoms with Gasteiger partial charge >= 0.3 is 0 Å². The molecule has 2 aromatic rings. The summed E-state index contributed by atoms with van der Waals surface area (Å²) in [6.45, 7) is 2.20. The summed E-state index contributed by atoms with van der Waals surface area (Å²) >= 11 is 7.35. The van der Waals surface area contributed by atoms with E-state index in [-0.39, 0.29) is 16.2 Å². The highest BCUT2D eigenvalue weighted by Gasteiger charge is 2.29. The Hall–Kier alpha value is -0.630. The van der Waals surface area contributed by atoms with Crippen molar-refractivity contribution in [3.63, 3.8) is 0 Å². The third-order valence-corrected chi connectivity index (χ3v) is 6.45. The van der Waals surface area contributed by atoms with E-state index in [2.05, 4.69) is 16.6 Å². The average molecular weight is 334 g/mol. The van der Waals surface area contributed by atoms with Gasteiger partial charge in [0, 0.05) is 17.6 Å². The van der Waals surface area contributed by atoms with E-state index in [1.165, 1.54) is 15.7 Å². The summed E-state index contributed by atoms with van der Waals surface area (Å²) < 4.78 is 29.3. The summed E-state index contributed by atoms with van der Waals surface area (Å²) in [4.78, 5) is 4.66. The number of sulfonamides is 1. The second-order valence-corrected chi connectivity index (χ2v) is 8.20. The SMILES string of the molecule is CC1CCC(NS(=O)(=O)c2c(Cl)nc3sccn23)CC1. The summed E-state index contributed by atoms with van der Waals surface area (Å²) in [6.07, 6.45) is 5.55. The monoisotopic (exact) mass is 333 g/mol. The van der Waals surface area contributed by atoms with Crippen LogP contribution in [-0.2, 0) is 10.0 Å². The first-order chi connectivity index (χ1) is 9.47. The number of thiazole rings is 1. The number of aromatic nitrogens is 2. The van der Waals surface area contributed by atoms with Crippen molar-refractivity contribution >= 4 is 37.9 Å². The van der Waals surface area contributed by atoms with Gasteiger partial charge in [0.05, 0.1) is 0 Å². The van der Waals surface area contributed by atoms with Crippen molar-refractivity contribution in [2.45, 2.75) is 43.7 Å². The molecule has 110 valence electrons. The lowest BCUT2D eigenvalue weighted by molar-refractivity contribution is 0.332. The fourth-order valence-corrected chi connectivity index (χ4v) is 5.39. The summed E-state index contributed by atoms with van der Waals surface area (Å²) in [6, 6.07) is -0.00328. The van der Waals surface area contributed by atoms with Crippen molar-refractivity contribution in [3.8, 4) is 0 Å². The number of halogens is 1. The number of hydrogen-bond donors (Lipinski definition) is 1. The third kappa shape index (κ3) is 2.59. The van der Waals surface area contributed by atoms with Crippen molar-refractivity contribution in [2.75, 3.05) is 0 Å². The van der Waals surface area contributed by atoms with Crippen LogP contribution in [0.25, 0.3) is 4.96 Å². The number of fused-ring (bicyclic) bond motifs is 1. The first-order valence-electron chi connectivity index (χ1n) is 6.61. The molecule has 0 spiro atoms.